The Morgan fingerprint density at radius 2 is 1.90 bits per heavy atom. The summed E-state index contributed by atoms with van der Waals surface area (Å²) in [4.78, 5) is 5.30. The molecule has 1 heterocycles. The Morgan fingerprint density at radius 3 is 2.73 bits per heavy atom. The number of phenolic OH excluding ortho intramolecular Hbond substituents is 1. The number of nitrogens with zero attached hydrogens (tertiary/aromatic N) is 3. The number of thiazole rings is 1. The van der Waals surface area contributed by atoms with Crippen molar-refractivity contribution in [2.24, 2.45) is 10.1 Å². The standard InChI is InChI=1S/C24H21N3O2S/c1-3-14-25-24-27(21(16-30-24)19-10-6-7-11-23(19)29-2)26-15-20-18-9-5-4-8-17(18)12-13-22(20)28/h3-13,15-16,28H,1,14H2,2H3. The van der Waals surface area contributed by atoms with Crippen LogP contribution in [0.2, 0.25) is 0 Å². The number of phenols is 1. The van der Waals surface area contributed by atoms with E-state index in [4.69, 9.17) is 9.84 Å². The molecule has 150 valence electrons. The number of rotatable bonds is 6. The van der Waals surface area contributed by atoms with Gasteiger partial charge in [0.25, 0.3) is 0 Å². The van der Waals surface area contributed by atoms with Crippen LogP contribution in [0.25, 0.3) is 22.0 Å². The third kappa shape index (κ3) is 3.77. The fourth-order valence-corrected chi connectivity index (χ4v) is 4.08. The molecule has 0 atom stereocenters. The summed E-state index contributed by atoms with van der Waals surface area (Å²) in [6.45, 7) is 4.23. The van der Waals surface area contributed by atoms with Crippen LogP contribution < -0.4 is 9.54 Å². The molecule has 0 aliphatic carbocycles. The van der Waals surface area contributed by atoms with E-state index >= 15 is 0 Å². The van der Waals surface area contributed by atoms with Crippen LogP contribution in [0.5, 0.6) is 11.5 Å². The van der Waals surface area contributed by atoms with Crippen LogP contribution in [0.15, 0.2) is 88.8 Å². The molecule has 0 fully saturated rings. The molecule has 4 aromatic rings. The molecule has 1 N–H and O–H groups in total. The van der Waals surface area contributed by atoms with E-state index < -0.39 is 0 Å². The summed E-state index contributed by atoms with van der Waals surface area (Å²) in [6, 6.07) is 19.3. The summed E-state index contributed by atoms with van der Waals surface area (Å²) in [5.74, 6) is 0.930. The van der Waals surface area contributed by atoms with Gasteiger partial charge in [-0.3, -0.25) is 4.99 Å². The van der Waals surface area contributed by atoms with Crippen molar-refractivity contribution in [3.63, 3.8) is 0 Å². The van der Waals surface area contributed by atoms with Crippen LogP contribution in [0.3, 0.4) is 0 Å². The topological polar surface area (TPSA) is 59.1 Å². The van der Waals surface area contributed by atoms with Crippen molar-refractivity contribution >= 4 is 28.3 Å². The molecule has 0 saturated heterocycles. The molecule has 6 heteroatoms. The number of para-hydroxylation sites is 1. The summed E-state index contributed by atoms with van der Waals surface area (Å²) in [5.41, 5.74) is 2.43. The first-order valence-electron chi connectivity index (χ1n) is 9.43. The number of methoxy groups -OCH3 is 1. The van der Waals surface area contributed by atoms with E-state index in [0.717, 1.165) is 32.6 Å². The average Bonchev–Trinajstić information content (AvgIpc) is 3.19. The molecule has 0 unspecified atom stereocenters. The van der Waals surface area contributed by atoms with Crippen LogP contribution in [-0.2, 0) is 0 Å². The van der Waals surface area contributed by atoms with Crippen LogP contribution >= 0.6 is 11.3 Å². The van der Waals surface area contributed by atoms with E-state index in [1.165, 1.54) is 11.3 Å². The third-order valence-electron chi connectivity index (χ3n) is 4.67. The first kappa shape index (κ1) is 19.7. The zero-order chi connectivity index (χ0) is 20.9. The molecule has 5 nitrogen and oxygen atoms in total. The lowest BCUT2D eigenvalue weighted by Gasteiger charge is -2.09. The normalized spacial score (nSPS) is 12.0. The van der Waals surface area contributed by atoms with Crippen molar-refractivity contribution in [3.05, 3.63) is 89.1 Å². The van der Waals surface area contributed by atoms with Crippen molar-refractivity contribution in [3.8, 4) is 22.8 Å². The van der Waals surface area contributed by atoms with Gasteiger partial charge in [-0.05, 0) is 29.0 Å². The molecule has 1 aromatic heterocycles. The van der Waals surface area contributed by atoms with Gasteiger partial charge < -0.3 is 9.84 Å². The highest BCUT2D eigenvalue weighted by Crippen LogP contribution is 2.30. The Bertz CT molecular complexity index is 1300. The zero-order valence-electron chi connectivity index (χ0n) is 16.5. The average molecular weight is 416 g/mol. The first-order chi connectivity index (χ1) is 14.7. The van der Waals surface area contributed by atoms with E-state index in [2.05, 4.69) is 11.6 Å². The van der Waals surface area contributed by atoms with Crippen molar-refractivity contribution in [1.82, 2.24) is 4.68 Å². The molecular formula is C24H21N3O2S. The summed E-state index contributed by atoms with van der Waals surface area (Å²) >= 11 is 1.49. The molecule has 0 aliphatic rings. The van der Waals surface area contributed by atoms with Gasteiger partial charge in [0, 0.05) is 16.5 Å². The minimum atomic E-state index is 0.178. The van der Waals surface area contributed by atoms with Crippen LogP contribution in [0, 0.1) is 0 Å². The highest BCUT2D eigenvalue weighted by Gasteiger charge is 2.12. The Kier molecular flexibility index (Phi) is 5.77. The first-order valence-corrected chi connectivity index (χ1v) is 10.3. The number of hydrogen-bond acceptors (Lipinski definition) is 5. The minimum Gasteiger partial charge on any atom is -0.507 e. The predicted molar refractivity (Wildman–Crippen MR) is 124 cm³/mol. The lowest BCUT2D eigenvalue weighted by Crippen LogP contribution is -2.12. The molecular weight excluding hydrogens is 394 g/mol. The highest BCUT2D eigenvalue weighted by molar-refractivity contribution is 7.07. The van der Waals surface area contributed by atoms with Crippen LogP contribution in [0.4, 0.5) is 0 Å². The summed E-state index contributed by atoms with van der Waals surface area (Å²) in [5, 5.41) is 19.1. The van der Waals surface area contributed by atoms with Gasteiger partial charge in [-0.25, -0.2) is 4.68 Å². The Labute approximate surface area is 178 Å². The van der Waals surface area contributed by atoms with Crippen molar-refractivity contribution in [1.29, 1.82) is 0 Å². The lowest BCUT2D eigenvalue weighted by atomic mass is 10.0. The number of hydrogen-bond donors (Lipinski definition) is 1. The maximum atomic E-state index is 10.5. The van der Waals surface area contributed by atoms with Gasteiger partial charge in [0.05, 0.1) is 25.6 Å². The van der Waals surface area contributed by atoms with E-state index in [1.54, 1.807) is 30.1 Å². The Hall–Kier alpha value is -3.64. The van der Waals surface area contributed by atoms with Crippen molar-refractivity contribution in [2.75, 3.05) is 13.7 Å². The predicted octanol–water partition coefficient (Wildman–Crippen LogP) is 5.05. The molecule has 0 spiro atoms. The smallest absolute Gasteiger partial charge is 0.206 e. The van der Waals surface area contributed by atoms with Gasteiger partial charge in [0.15, 0.2) is 0 Å². The maximum Gasteiger partial charge on any atom is 0.206 e. The molecule has 0 bridgehead atoms. The Morgan fingerprint density at radius 1 is 1.10 bits per heavy atom. The number of aromatic nitrogens is 1. The zero-order valence-corrected chi connectivity index (χ0v) is 17.3. The molecule has 30 heavy (non-hydrogen) atoms. The van der Waals surface area contributed by atoms with Gasteiger partial charge >= 0.3 is 0 Å². The fraction of sp³-hybridized carbons (Fsp3) is 0.0833. The van der Waals surface area contributed by atoms with Crippen molar-refractivity contribution < 1.29 is 9.84 Å². The van der Waals surface area contributed by atoms with Crippen LogP contribution in [-0.4, -0.2) is 29.7 Å². The minimum absolute atomic E-state index is 0.178. The monoisotopic (exact) mass is 415 g/mol. The van der Waals surface area contributed by atoms with Crippen molar-refractivity contribution in [2.45, 2.75) is 0 Å². The van der Waals surface area contributed by atoms with Crippen LogP contribution in [0.1, 0.15) is 5.56 Å². The summed E-state index contributed by atoms with van der Waals surface area (Å²) < 4.78 is 7.31. The van der Waals surface area contributed by atoms with Gasteiger partial charge in [0.2, 0.25) is 4.80 Å². The molecule has 0 aliphatic heterocycles. The molecule has 3 aromatic carbocycles. The fourth-order valence-electron chi connectivity index (χ4n) is 3.24. The van der Waals surface area contributed by atoms with Gasteiger partial charge in [-0.1, -0.05) is 48.5 Å². The molecule has 0 saturated carbocycles. The van der Waals surface area contributed by atoms with Gasteiger partial charge in [-0.2, -0.15) is 5.10 Å². The second kappa shape index (κ2) is 8.80. The quantitative estimate of drug-likeness (QED) is 0.354. The molecule has 0 amide bonds. The second-order valence-corrected chi connectivity index (χ2v) is 7.35. The van der Waals surface area contributed by atoms with E-state index in [1.807, 2.05) is 60.0 Å². The number of benzene rings is 3. The van der Waals surface area contributed by atoms with E-state index in [-0.39, 0.29) is 5.75 Å². The SMILES string of the molecule is C=CCN=c1scc(-c2ccccc2OC)n1N=Cc1c(O)ccc2ccccc12. The third-order valence-corrected chi connectivity index (χ3v) is 5.53. The molecule has 0 radical (unpaired) electrons. The van der Waals surface area contributed by atoms with E-state index in [0.29, 0.717) is 12.1 Å². The summed E-state index contributed by atoms with van der Waals surface area (Å²) in [6.07, 6.45) is 3.42. The largest absolute Gasteiger partial charge is 0.507 e. The van der Waals surface area contributed by atoms with E-state index in [9.17, 15) is 5.11 Å². The second-order valence-electron chi connectivity index (χ2n) is 6.51. The Balaban J connectivity index is 1.90. The number of fused-ring (bicyclic) bond motifs is 1. The highest BCUT2D eigenvalue weighted by atomic mass is 32.1. The van der Waals surface area contributed by atoms with Gasteiger partial charge in [0.1, 0.15) is 11.5 Å². The van der Waals surface area contributed by atoms with Gasteiger partial charge in [-0.15, -0.1) is 17.9 Å². The maximum absolute atomic E-state index is 10.5. The number of ether oxygens (including phenoxy) is 1. The molecule has 4 rings (SSSR count). The lowest BCUT2D eigenvalue weighted by molar-refractivity contribution is 0.416. The number of aromatic hydroxyl groups is 1. The summed E-state index contributed by atoms with van der Waals surface area (Å²) in [7, 11) is 1.65.